The predicted octanol–water partition coefficient (Wildman–Crippen LogP) is 2.28. The second-order valence-corrected chi connectivity index (χ2v) is 8.31. The first-order chi connectivity index (χ1) is 15.4. The quantitative estimate of drug-likeness (QED) is 0.347. The number of nitro benzene ring substituents is 1. The number of morpholine rings is 1. The monoisotopic (exact) mass is 440 g/mol. The van der Waals surface area contributed by atoms with Crippen molar-refractivity contribution >= 4 is 17.3 Å². The van der Waals surface area contributed by atoms with Gasteiger partial charge in [-0.3, -0.25) is 14.9 Å². The van der Waals surface area contributed by atoms with Gasteiger partial charge in [0.05, 0.1) is 17.4 Å². The molecule has 9 nitrogen and oxygen atoms in total. The summed E-state index contributed by atoms with van der Waals surface area (Å²) in [5, 5.41) is 11.1. The van der Waals surface area contributed by atoms with Crippen molar-refractivity contribution in [1.82, 2.24) is 0 Å². The number of hydrogen-bond acceptors (Lipinski definition) is 7. The number of hydrogen-bond donors (Lipinski definition) is 2. The van der Waals surface area contributed by atoms with Gasteiger partial charge < -0.3 is 25.8 Å². The number of unbranched alkanes of at least 4 members (excludes halogenated alkanes) is 1. The summed E-state index contributed by atoms with van der Waals surface area (Å²) < 4.78 is 12.9. The van der Waals surface area contributed by atoms with E-state index in [1.807, 2.05) is 30.3 Å². The van der Waals surface area contributed by atoms with Crippen molar-refractivity contribution in [3.05, 3.63) is 70.3 Å². The summed E-state index contributed by atoms with van der Waals surface area (Å²) in [5.41, 5.74) is 13.1. The second kappa shape index (κ2) is 9.23. The molecule has 1 unspecified atom stereocenters. The van der Waals surface area contributed by atoms with Crippen molar-refractivity contribution < 1.29 is 19.2 Å². The topological polar surface area (TPSA) is 134 Å². The molecule has 0 radical (unpaired) electrons. The zero-order valence-electron chi connectivity index (χ0n) is 17.8. The van der Waals surface area contributed by atoms with Crippen LogP contribution in [0.2, 0.25) is 0 Å². The van der Waals surface area contributed by atoms with E-state index >= 15 is 0 Å². The number of amides is 1. The lowest BCUT2D eigenvalue weighted by Gasteiger charge is -2.40. The highest BCUT2D eigenvalue weighted by molar-refractivity contribution is 5.77. The first kappa shape index (κ1) is 22.2. The molecule has 4 N–H and O–H groups in total. The van der Waals surface area contributed by atoms with Crippen molar-refractivity contribution in [2.45, 2.75) is 37.3 Å². The number of nitro groups is 1. The number of anilines is 1. The third kappa shape index (κ3) is 4.32. The van der Waals surface area contributed by atoms with Crippen molar-refractivity contribution in [2.24, 2.45) is 17.4 Å². The molecule has 2 heterocycles. The number of nitrogens with two attached hydrogens (primary N) is 2. The molecule has 2 saturated heterocycles. The molecule has 2 aromatic rings. The molecule has 2 aliphatic rings. The van der Waals surface area contributed by atoms with Gasteiger partial charge in [0.1, 0.15) is 12.2 Å². The third-order valence-electron chi connectivity index (χ3n) is 6.20. The van der Waals surface area contributed by atoms with E-state index in [-0.39, 0.29) is 11.8 Å². The largest absolute Gasteiger partial charge is 0.369 e. The maximum absolute atomic E-state index is 12.3. The Labute approximate surface area is 186 Å². The van der Waals surface area contributed by atoms with Crippen molar-refractivity contribution in [3.63, 3.8) is 0 Å². The number of ether oxygens (including phenoxy) is 2. The van der Waals surface area contributed by atoms with E-state index in [9.17, 15) is 14.9 Å². The fourth-order valence-electron chi connectivity index (χ4n) is 4.60. The Balaban J connectivity index is 1.68. The number of primary amides is 1. The fourth-order valence-corrected chi connectivity index (χ4v) is 4.60. The Morgan fingerprint density at radius 1 is 1.16 bits per heavy atom. The lowest BCUT2D eigenvalue weighted by molar-refractivity contribution is -0.384. The highest BCUT2D eigenvalue weighted by Crippen LogP contribution is 2.46. The zero-order chi connectivity index (χ0) is 22.7. The number of carbonyl (C=O) groups excluding carboxylic acids is 1. The molecule has 9 heteroatoms. The Bertz CT molecular complexity index is 955. The smallest absolute Gasteiger partial charge is 0.269 e. The first-order valence-electron chi connectivity index (χ1n) is 10.8. The van der Waals surface area contributed by atoms with E-state index in [1.165, 1.54) is 12.1 Å². The Morgan fingerprint density at radius 2 is 1.88 bits per heavy atom. The van der Waals surface area contributed by atoms with Gasteiger partial charge in [0.15, 0.2) is 0 Å². The van der Waals surface area contributed by atoms with Crippen LogP contribution in [-0.4, -0.2) is 42.7 Å². The molecule has 2 aliphatic heterocycles. The highest BCUT2D eigenvalue weighted by Gasteiger charge is 2.56. The van der Waals surface area contributed by atoms with E-state index in [1.54, 1.807) is 12.1 Å². The summed E-state index contributed by atoms with van der Waals surface area (Å²) in [6.45, 7) is 1.48. The van der Waals surface area contributed by atoms with E-state index in [4.69, 9.17) is 20.9 Å². The minimum Gasteiger partial charge on any atom is -0.369 e. The molecule has 32 heavy (non-hydrogen) atoms. The van der Waals surface area contributed by atoms with Crippen molar-refractivity contribution in [1.29, 1.82) is 0 Å². The molecule has 0 aromatic heterocycles. The average molecular weight is 441 g/mol. The van der Waals surface area contributed by atoms with Crippen LogP contribution < -0.4 is 16.4 Å². The molecule has 0 saturated carbocycles. The van der Waals surface area contributed by atoms with Crippen LogP contribution in [-0.2, 0) is 20.1 Å². The van der Waals surface area contributed by atoms with Crippen LogP contribution in [0.4, 0.5) is 11.4 Å². The molecule has 0 spiro atoms. The van der Waals surface area contributed by atoms with E-state index in [0.717, 1.165) is 18.5 Å². The van der Waals surface area contributed by atoms with Gasteiger partial charge in [-0.25, -0.2) is 0 Å². The molecular weight excluding hydrogens is 412 g/mol. The van der Waals surface area contributed by atoms with Crippen LogP contribution in [0.5, 0.6) is 0 Å². The minimum absolute atomic E-state index is 0.0104. The molecule has 1 amide bonds. The number of benzene rings is 2. The number of non-ortho nitro benzene ring substituents is 1. The standard InChI is InChI=1S/C23H28N4O5/c24-13-5-4-8-19(22(25)28)21-20-14-26(17-6-2-1-3-7-17)15-23(31-20,32-21)16-9-11-18(12-10-16)27(29)30/h1-3,6-7,9-12,19-21H,4-5,8,13-15,24H2,(H2,25,28)/t19?,20-,21-,23+/m1/s1. The van der Waals surface area contributed by atoms with Crippen LogP contribution in [0.1, 0.15) is 24.8 Å². The highest BCUT2D eigenvalue weighted by atomic mass is 16.8. The number of para-hydroxylation sites is 1. The zero-order valence-corrected chi connectivity index (χ0v) is 17.8. The summed E-state index contributed by atoms with van der Waals surface area (Å²) in [6, 6.07) is 16.1. The van der Waals surface area contributed by atoms with Gasteiger partial charge in [0, 0.05) is 29.9 Å². The van der Waals surface area contributed by atoms with Gasteiger partial charge in [0.25, 0.3) is 5.69 Å². The minimum atomic E-state index is -1.15. The van der Waals surface area contributed by atoms with Gasteiger partial charge in [0.2, 0.25) is 11.7 Å². The first-order valence-corrected chi connectivity index (χ1v) is 10.8. The molecular formula is C23H28N4O5. The summed E-state index contributed by atoms with van der Waals surface area (Å²) >= 11 is 0. The molecule has 2 fully saturated rings. The third-order valence-corrected chi connectivity index (χ3v) is 6.20. The summed E-state index contributed by atoms with van der Waals surface area (Å²) in [6.07, 6.45) is 1.23. The SMILES string of the molecule is NCCCCC(C(N)=O)[C@H]1O[C@]2(c3ccc([N+](=O)[O-])cc3)CN(c3ccccc3)C[C@H]1O2. The number of carbonyl (C=O) groups is 1. The molecule has 2 aromatic carbocycles. The van der Waals surface area contributed by atoms with Gasteiger partial charge in [-0.05, 0) is 43.7 Å². The Kier molecular flexibility index (Phi) is 6.40. The summed E-state index contributed by atoms with van der Waals surface area (Å²) in [5.74, 6) is -2.09. The van der Waals surface area contributed by atoms with Crippen LogP contribution in [0.15, 0.2) is 54.6 Å². The average Bonchev–Trinajstić information content (AvgIpc) is 3.07. The number of fused-ring (bicyclic) bond motifs is 2. The summed E-state index contributed by atoms with van der Waals surface area (Å²) in [7, 11) is 0. The van der Waals surface area contributed by atoms with Gasteiger partial charge in [-0.15, -0.1) is 0 Å². The normalized spacial score (nSPS) is 25.5. The van der Waals surface area contributed by atoms with Crippen LogP contribution in [0, 0.1) is 16.0 Å². The fraction of sp³-hybridized carbons (Fsp3) is 0.435. The Hall–Kier alpha value is -3.01. The van der Waals surface area contributed by atoms with Gasteiger partial charge in [-0.2, -0.15) is 0 Å². The lowest BCUT2D eigenvalue weighted by Crippen LogP contribution is -2.50. The molecule has 170 valence electrons. The second-order valence-electron chi connectivity index (χ2n) is 8.31. The lowest BCUT2D eigenvalue weighted by atomic mass is 9.91. The van der Waals surface area contributed by atoms with E-state index in [2.05, 4.69) is 4.90 Å². The molecule has 0 aliphatic carbocycles. The maximum Gasteiger partial charge on any atom is 0.269 e. The summed E-state index contributed by atoms with van der Waals surface area (Å²) in [4.78, 5) is 25.2. The number of nitrogens with zero attached hydrogens (tertiary/aromatic N) is 2. The van der Waals surface area contributed by atoms with Gasteiger partial charge >= 0.3 is 0 Å². The molecule has 4 rings (SSSR count). The maximum atomic E-state index is 12.3. The number of rotatable bonds is 9. The van der Waals surface area contributed by atoms with E-state index in [0.29, 0.717) is 31.6 Å². The Morgan fingerprint density at radius 3 is 2.50 bits per heavy atom. The van der Waals surface area contributed by atoms with E-state index < -0.39 is 28.6 Å². The van der Waals surface area contributed by atoms with Gasteiger partial charge in [-0.1, -0.05) is 24.6 Å². The van der Waals surface area contributed by atoms with Crippen LogP contribution in [0.25, 0.3) is 0 Å². The molecule has 2 bridgehead atoms. The molecule has 4 atom stereocenters. The predicted molar refractivity (Wildman–Crippen MR) is 119 cm³/mol. The van der Waals surface area contributed by atoms with Crippen molar-refractivity contribution in [3.8, 4) is 0 Å². The van der Waals surface area contributed by atoms with Crippen LogP contribution in [0.3, 0.4) is 0 Å². The van der Waals surface area contributed by atoms with Crippen molar-refractivity contribution in [2.75, 3.05) is 24.5 Å². The van der Waals surface area contributed by atoms with Crippen LogP contribution >= 0.6 is 0 Å².